The highest BCUT2D eigenvalue weighted by molar-refractivity contribution is 6.05. The quantitative estimate of drug-likeness (QED) is 0.0883. The van der Waals surface area contributed by atoms with Gasteiger partial charge in [0.25, 0.3) is 5.91 Å². The highest BCUT2D eigenvalue weighted by atomic mass is 19.1. The number of halogens is 1. The van der Waals surface area contributed by atoms with Gasteiger partial charge in [0, 0.05) is 11.3 Å². The number of ether oxygens (including phenoxy) is 4. The van der Waals surface area contributed by atoms with E-state index in [4.69, 9.17) is 18.9 Å². The molecule has 4 aromatic carbocycles. The molecule has 0 aliphatic carbocycles. The standard InChI is InChI=1S/C41H42FNO15/c42-23-13-10-20(11-14-23)26(45)18-55-37-29(43(39(37)52)24-4-2-1-3-5-24)25-15-12-22(16-27(25)57-41-35(51)32(48)34(50)38(58-41)40(53)54)19-6-8-21(9-7-19)36-33(49)31(47)30(46)28(17-44)56-36/h1-16,26,28-38,41,44-51H,17-18H2,(H,53,54)/t26-,28+,29+,30+,31-,32-,33+,34?,35?,36?,37+,38?,41+/m0/s1. The van der Waals surface area contributed by atoms with Gasteiger partial charge in [0.15, 0.2) is 12.2 Å². The number of aliphatic carboxylic acids is 1. The molecule has 13 atom stereocenters. The third kappa shape index (κ3) is 7.94. The molecule has 3 aliphatic heterocycles. The van der Waals surface area contributed by atoms with E-state index in [1.807, 2.05) is 0 Å². The predicted molar refractivity (Wildman–Crippen MR) is 197 cm³/mol. The molecule has 308 valence electrons. The molecule has 3 fully saturated rings. The van der Waals surface area contributed by atoms with E-state index in [-0.39, 0.29) is 17.9 Å². The Morgan fingerprint density at radius 2 is 1.43 bits per heavy atom. The Morgan fingerprint density at radius 3 is 2.09 bits per heavy atom. The maximum Gasteiger partial charge on any atom is 0.335 e. The predicted octanol–water partition coefficient (Wildman–Crippen LogP) is 0.485. The molecule has 4 unspecified atom stereocenters. The van der Waals surface area contributed by atoms with Crippen molar-refractivity contribution >= 4 is 17.6 Å². The number of carbonyl (C=O) groups excluding carboxylic acids is 1. The van der Waals surface area contributed by atoms with E-state index in [2.05, 4.69) is 0 Å². The SMILES string of the molecule is O=C(O)C1O[C@@H](Oc2cc(-c3ccc(C4O[C@H](CO)[C@@H](O)[C@H](O)[C@H]4O)cc3)ccc2[C@@H]2[C@@H](OC[C@H](O)c3ccc(F)cc3)C(=O)N2c2ccccc2)C(O)[C@@H](O)C1O. The van der Waals surface area contributed by atoms with Crippen LogP contribution in [0.25, 0.3) is 11.1 Å². The third-order valence-electron chi connectivity index (χ3n) is 10.6. The summed E-state index contributed by atoms with van der Waals surface area (Å²) in [5, 5.41) is 93.2. The zero-order chi connectivity index (χ0) is 41.4. The molecule has 0 aromatic heterocycles. The van der Waals surface area contributed by atoms with Crippen molar-refractivity contribution in [2.45, 2.75) is 79.5 Å². The average molecular weight is 808 g/mol. The van der Waals surface area contributed by atoms with Crippen molar-refractivity contribution in [3.63, 3.8) is 0 Å². The van der Waals surface area contributed by atoms with Crippen LogP contribution >= 0.6 is 0 Å². The number of nitrogens with zero attached hydrogens (tertiary/aromatic N) is 1. The van der Waals surface area contributed by atoms with Crippen LogP contribution in [0, 0.1) is 5.82 Å². The topological polar surface area (TPSA) is 256 Å². The number of aliphatic hydroxyl groups is 8. The second-order valence-electron chi connectivity index (χ2n) is 14.3. The fraction of sp³-hybridized carbons (Fsp3) is 0.366. The lowest BCUT2D eigenvalue weighted by molar-refractivity contribution is -0.271. The first-order valence-corrected chi connectivity index (χ1v) is 18.4. The number of amides is 1. The third-order valence-corrected chi connectivity index (χ3v) is 10.6. The van der Waals surface area contributed by atoms with Crippen molar-refractivity contribution in [2.75, 3.05) is 18.1 Å². The Labute approximate surface area is 330 Å². The van der Waals surface area contributed by atoms with Crippen molar-refractivity contribution in [2.24, 2.45) is 0 Å². The second-order valence-corrected chi connectivity index (χ2v) is 14.3. The number of β-lactam (4-membered cyclic amide) rings is 1. The van der Waals surface area contributed by atoms with Crippen LogP contribution < -0.4 is 9.64 Å². The zero-order valence-electron chi connectivity index (χ0n) is 30.5. The van der Waals surface area contributed by atoms with Gasteiger partial charge < -0.3 is 64.9 Å². The molecule has 4 aromatic rings. The number of carboxylic acids is 1. The number of carbonyl (C=O) groups is 2. The number of rotatable bonds is 12. The minimum absolute atomic E-state index is 0.0570. The van der Waals surface area contributed by atoms with Crippen LogP contribution in [0.5, 0.6) is 5.75 Å². The van der Waals surface area contributed by atoms with Crippen molar-refractivity contribution < 1.29 is 78.9 Å². The number of aliphatic hydroxyl groups excluding tert-OH is 8. The van der Waals surface area contributed by atoms with E-state index >= 15 is 0 Å². The number of benzene rings is 4. The Balaban J connectivity index is 1.25. The van der Waals surface area contributed by atoms with Gasteiger partial charge in [0.1, 0.15) is 72.5 Å². The fourth-order valence-electron chi connectivity index (χ4n) is 7.36. The minimum Gasteiger partial charge on any atom is -0.479 e. The Kier molecular flexibility index (Phi) is 12.2. The summed E-state index contributed by atoms with van der Waals surface area (Å²) in [5.74, 6) is -2.68. The van der Waals surface area contributed by atoms with Crippen LogP contribution in [0.3, 0.4) is 0 Å². The first kappa shape index (κ1) is 41.3. The molecule has 0 spiro atoms. The van der Waals surface area contributed by atoms with E-state index in [1.165, 1.54) is 35.2 Å². The number of para-hydroxylation sites is 1. The van der Waals surface area contributed by atoms with Gasteiger partial charge in [-0.15, -0.1) is 0 Å². The van der Waals surface area contributed by atoms with Crippen molar-refractivity contribution in [3.05, 3.63) is 120 Å². The number of carboxylic acid groups (broad SMARTS) is 1. The van der Waals surface area contributed by atoms with Crippen LogP contribution in [-0.2, 0) is 23.8 Å². The summed E-state index contributed by atoms with van der Waals surface area (Å²) in [4.78, 5) is 27.2. The summed E-state index contributed by atoms with van der Waals surface area (Å²) in [6, 6.07) is 24.0. The molecule has 3 aliphatic rings. The van der Waals surface area contributed by atoms with Crippen molar-refractivity contribution in [1.82, 2.24) is 0 Å². The van der Waals surface area contributed by atoms with E-state index in [0.29, 0.717) is 27.9 Å². The summed E-state index contributed by atoms with van der Waals surface area (Å²) in [7, 11) is 0. The maximum atomic E-state index is 13.8. The van der Waals surface area contributed by atoms with E-state index < -0.39 is 104 Å². The molecule has 58 heavy (non-hydrogen) atoms. The highest BCUT2D eigenvalue weighted by Crippen LogP contribution is 2.46. The Morgan fingerprint density at radius 1 is 0.776 bits per heavy atom. The number of hydrogen-bond acceptors (Lipinski definition) is 14. The molecule has 17 heteroatoms. The van der Waals surface area contributed by atoms with Gasteiger partial charge >= 0.3 is 5.97 Å². The van der Waals surface area contributed by atoms with E-state index in [9.17, 15) is 59.9 Å². The first-order valence-electron chi connectivity index (χ1n) is 18.4. The lowest BCUT2D eigenvalue weighted by atomic mass is 9.87. The number of anilines is 1. The lowest BCUT2D eigenvalue weighted by Crippen LogP contribution is -2.62. The van der Waals surface area contributed by atoms with Crippen LogP contribution in [0.2, 0.25) is 0 Å². The average Bonchev–Trinajstić information content (AvgIpc) is 3.23. The summed E-state index contributed by atoms with van der Waals surface area (Å²) in [6.07, 6.45) is -19.1. The molecular weight excluding hydrogens is 765 g/mol. The maximum absolute atomic E-state index is 13.8. The van der Waals surface area contributed by atoms with E-state index in [0.717, 1.165) is 0 Å². The smallest absolute Gasteiger partial charge is 0.335 e. The van der Waals surface area contributed by atoms with Crippen LogP contribution in [0.1, 0.15) is 34.9 Å². The summed E-state index contributed by atoms with van der Waals surface area (Å²) >= 11 is 0. The van der Waals surface area contributed by atoms with Crippen LogP contribution in [0.15, 0.2) is 97.1 Å². The Bertz CT molecular complexity index is 2050. The molecule has 9 N–H and O–H groups in total. The van der Waals surface area contributed by atoms with Gasteiger partial charge in [-0.25, -0.2) is 9.18 Å². The van der Waals surface area contributed by atoms with Crippen LogP contribution in [-0.4, -0.2) is 132 Å². The largest absolute Gasteiger partial charge is 0.479 e. The fourth-order valence-corrected chi connectivity index (χ4v) is 7.36. The van der Waals surface area contributed by atoms with Gasteiger partial charge in [-0.05, 0) is 52.6 Å². The van der Waals surface area contributed by atoms with Crippen molar-refractivity contribution in [1.29, 1.82) is 0 Å². The van der Waals surface area contributed by atoms with Gasteiger partial charge in [-0.3, -0.25) is 9.69 Å². The molecule has 3 saturated heterocycles. The minimum atomic E-state index is -2.00. The molecule has 0 saturated carbocycles. The highest BCUT2D eigenvalue weighted by Gasteiger charge is 2.53. The second kappa shape index (κ2) is 17.1. The lowest BCUT2D eigenvalue weighted by Gasteiger charge is -2.47. The van der Waals surface area contributed by atoms with Crippen molar-refractivity contribution in [3.8, 4) is 16.9 Å². The van der Waals surface area contributed by atoms with Gasteiger partial charge in [0.05, 0.1) is 13.2 Å². The summed E-state index contributed by atoms with van der Waals surface area (Å²) in [5.41, 5.74) is 2.51. The zero-order valence-corrected chi connectivity index (χ0v) is 30.5. The monoisotopic (exact) mass is 807 g/mol. The molecule has 1 amide bonds. The van der Waals surface area contributed by atoms with Crippen LogP contribution in [0.4, 0.5) is 10.1 Å². The molecular formula is C41H42FNO15. The van der Waals surface area contributed by atoms with Gasteiger partial charge in [-0.2, -0.15) is 0 Å². The van der Waals surface area contributed by atoms with E-state index in [1.54, 1.807) is 66.7 Å². The normalized spacial score (nSPS) is 31.7. The Hall–Kier alpha value is -4.89. The molecule has 3 heterocycles. The van der Waals surface area contributed by atoms with Gasteiger partial charge in [-0.1, -0.05) is 66.7 Å². The molecule has 16 nitrogen and oxygen atoms in total. The molecule has 7 rings (SSSR count). The first-order chi connectivity index (χ1) is 27.8. The molecule has 0 bridgehead atoms. The summed E-state index contributed by atoms with van der Waals surface area (Å²) < 4.78 is 36.9. The summed E-state index contributed by atoms with van der Waals surface area (Å²) in [6.45, 7) is -0.975. The number of hydrogen-bond donors (Lipinski definition) is 9. The van der Waals surface area contributed by atoms with Gasteiger partial charge in [0.2, 0.25) is 6.29 Å². The molecule has 0 radical (unpaired) electrons.